The predicted molar refractivity (Wildman–Crippen MR) is 84.6 cm³/mol. The fourth-order valence-electron chi connectivity index (χ4n) is 1.85. The Balaban J connectivity index is 1.94. The fourth-order valence-corrected chi connectivity index (χ4v) is 2.87. The minimum Gasteiger partial charge on any atom is -0.453 e. The summed E-state index contributed by atoms with van der Waals surface area (Å²) >= 11 is 0. The number of carbonyl (C=O) groups excluding carboxylic acids is 1. The normalized spacial score (nSPS) is 11.2. The molecule has 0 aliphatic carbocycles. The predicted octanol–water partition coefficient (Wildman–Crippen LogP) is 1.35. The number of anilines is 1. The number of sulfonamides is 1. The van der Waals surface area contributed by atoms with Crippen molar-refractivity contribution < 1.29 is 17.9 Å². The Kier molecular flexibility index (Phi) is 5.35. The van der Waals surface area contributed by atoms with Gasteiger partial charge in [0.15, 0.2) is 0 Å². The second kappa shape index (κ2) is 7.25. The smallest absolute Gasteiger partial charge is 0.411 e. The molecule has 23 heavy (non-hydrogen) atoms. The van der Waals surface area contributed by atoms with Gasteiger partial charge in [0, 0.05) is 18.4 Å². The van der Waals surface area contributed by atoms with Gasteiger partial charge in [-0.25, -0.2) is 17.9 Å². The van der Waals surface area contributed by atoms with Crippen LogP contribution in [0.4, 0.5) is 10.5 Å². The Morgan fingerprint density at radius 3 is 2.57 bits per heavy atom. The number of nitrogens with one attached hydrogen (secondary N) is 2. The molecule has 2 rings (SSSR count). The second-order valence-corrected chi connectivity index (χ2v) is 6.59. The van der Waals surface area contributed by atoms with Crippen molar-refractivity contribution in [1.82, 2.24) is 14.5 Å². The van der Waals surface area contributed by atoms with Gasteiger partial charge in [-0.1, -0.05) is 0 Å². The zero-order valence-corrected chi connectivity index (χ0v) is 13.6. The third kappa shape index (κ3) is 4.80. The molecule has 0 bridgehead atoms. The Bertz CT molecular complexity index is 768. The summed E-state index contributed by atoms with van der Waals surface area (Å²) < 4.78 is 33.0. The van der Waals surface area contributed by atoms with Crippen LogP contribution in [-0.4, -0.2) is 37.9 Å². The number of rotatable bonds is 6. The SMILES string of the molecule is COC(=O)Nc1ccc(S(=O)(=O)NCCn2cc(C)cn2)cc1. The lowest BCUT2D eigenvalue weighted by Gasteiger charge is -2.08. The number of nitrogens with zero attached hydrogens (tertiary/aromatic N) is 2. The van der Waals surface area contributed by atoms with Gasteiger partial charge < -0.3 is 4.74 Å². The van der Waals surface area contributed by atoms with Crippen molar-refractivity contribution in [2.75, 3.05) is 19.0 Å². The molecule has 2 N–H and O–H groups in total. The summed E-state index contributed by atoms with van der Waals surface area (Å²) in [5, 5.41) is 6.53. The van der Waals surface area contributed by atoms with E-state index in [1.165, 1.54) is 31.4 Å². The van der Waals surface area contributed by atoms with Gasteiger partial charge in [-0.15, -0.1) is 0 Å². The average molecular weight is 338 g/mol. The lowest BCUT2D eigenvalue weighted by Crippen LogP contribution is -2.27. The van der Waals surface area contributed by atoms with E-state index in [2.05, 4.69) is 19.9 Å². The van der Waals surface area contributed by atoms with Crippen molar-refractivity contribution in [3.05, 3.63) is 42.2 Å². The summed E-state index contributed by atoms with van der Waals surface area (Å²) in [4.78, 5) is 11.2. The Morgan fingerprint density at radius 2 is 2.00 bits per heavy atom. The van der Waals surface area contributed by atoms with Crippen LogP contribution in [0.5, 0.6) is 0 Å². The molecule has 0 unspecified atom stereocenters. The molecule has 1 amide bonds. The first-order valence-electron chi connectivity index (χ1n) is 6.84. The molecule has 1 heterocycles. The molecule has 0 saturated carbocycles. The molecule has 2 aromatic rings. The Labute approximate surface area is 134 Å². The highest BCUT2D eigenvalue weighted by Gasteiger charge is 2.13. The van der Waals surface area contributed by atoms with Gasteiger partial charge in [0.1, 0.15) is 0 Å². The first-order chi connectivity index (χ1) is 10.9. The van der Waals surface area contributed by atoms with Crippen molar-refractivity contribution in [3.8, 4) is 0 Å². The third-order valence-electron chi connectivity index (χ3n) is 2.99. The van der Waals surface area contributed by atoms with Crippen LogP contribution in [0.2, 0.25) is 0 Å². The Hall–Kier alpha value is -2.39. The number of methoxy groups -OCH3 is 1. The number of aryl methyl sites for hydroxylation is 1. The highest BCUT2D eigenvalue weighted by Crippen LogP contribution is 2.14. The molecule has 0 fully saturated rings. The molecule has 0 radical (unpaired) electrons. The molecule has 9 heteroatoms. The second-order valence-electron chi connectivity index (χ2n) is 4.82. The van der Waals surface area contributed by atoms with Crippen LogP contribution < -0.4 is 10.0 Å². The standard InChI is InChI=1S/C14H18N4O4S/c1-11-9-15-18(10-11)8-7-16-23(20,21)13-5-3-12(4-6-13)17-14(19)22-2/h3-6,9-10,16H,7-8H2,1-2H3,(H,17,19). The van der Waals surface area contributed by atoms with Crippen molar-refractivity contribution in [3.63, 3.8) is 0 Å². The lowest BCUT2D eigenvalue weighted by atomic mass is 10.3. The van der Waals surface area contributed by atoms with E-state index >= 15 is 0 Å². The van der Waals surface area contributed by atoms with E-state index < -0.39 is 16.1 Å². The van der Waals surface area contributed by atoms with Crippen molar-refractivity contribution in [2.45, 2.75) is 18.4 Å². The molecule has 0 atom stereocenters. The van der Waals surface area contributed by atoms with Crippen LogP contribution in [0.15, 0.2) is 41.6 Å². The minimum atomic E-state index is -3.61. The van der Waals surface area contributed by atoms with Gasteiger partial charge in [0.25, 0.3) is 0 Å². The molecule has 0 spiro atoms. The van der Waals surface area contributed by atoms with Crippen molar-refractivity contribution in [1.29, 1.82) is 0 Å². The van der Waals surface area contributed by atoms with E-state index in [0.29, 0.717) is 12.2 Å². The summed E-state index contributed by atoms with van der Waals surface area (Å²) in [6.45, 7) is 2.58. The van der Waals surface area contributed by atoms with Crippen LogP contribution >= 0.6 is 0 Å². The number of amides is 1. The number of hydrogen-bond acceptors (Lipinski definition) is 5. The van der Waals surface area contributed by atoms with Crippen molar-refractivity contribution >= 4 is 21.8 Å². The monoisotopic (exact) mass is 338 g/mol. The molecule has 1 aromatic heterocycles. The van der Waals surface area contributed by atoms with E-state index in [0.717, 1.165) is 5.56 Å². The Morgan fingerprint density at radius 1 is 1.30 bits per heavy atom. The molecule has 0 aliphatic heterocycles. The maximum Gasteiger partial charge on any atom is 0.411 e. The summed E-state index contributed by atoms with van der Waals surface area (Å²) in [5.41, 5.74) is 1.46. The molecular weight excluding hydrogens is 320 g/mol. The summed E-state index contributed by atoms with van der Waals surface area (Å²) in [7, 11) is -2.36. The number of carbonyl (C=O) groups is 1. The summed E-state index contributed by atoms with van der Waals surface area (Å²) in [6, 6.07) is 5.79. The highest BCUT2D eigenvalue weighted by molar-refractivity contribution is 7.89. The van der Waals surface area contributed by atoms with Crippen LogP contribution in [0.3, 0.4) is 0 Å². The van der Waals surface area contributed by atoms with Crippen molar-refractivity contribution in [2.24, 2.45) is 0 Å². The van der Waals surface area contributed by atoms with E-state index in [1.807, 2.05) is 13.1 Å². The van der Waals surface area contributed by atoms with E-state index in [1.54, 1.807) is 10.9 Å². The molecule has 0 aliphatic rings. The summed E-state index contributed by atoms with van der Waals surface area (Å²) in [6.07, 6.45) is 2.93. The van der Waals surface area contributed by atoms with Crippen LogP contribution in [0.1, 0.15) is 5.56 Å². The summed E-state index contributed by atoms with van der Waals surface area (Å²) in [5.74, 6) is 0. The zero-order chi connectivity index (χ0) is 16.9. The van der Waals surface area contributed by atoms with Gasteiger partial charge in [0.2, 0.25) is 10.0 Å². The molecular formula is C14H18N4O4S. The molecule has 8 nitrogen and oxygen atoms in total. The van der Waals surface area contributed by atoms with E-state index in [9.17, 15) is 13.2 Å². The van der Waals surface area contributed by atoms with Crippen LogP contribution in [0.25, 0.3) is 0 Å². The maximum atomic E-state index is 12.2. The molecule has 124 valence electrons. The average Bonchev–Trinajstić information content (AvgIpc) is 2.93. The number of benzene rings is 1. The largest absolute Gasteiger partial charge is 0.453 e. The van der Waals surface area contributed by atoms with Gasteiger partial charge in [0.05, 0.1) is 24.7 Å². The molecule has 1 aromatic carbocycles. The van der Waals surface area contributed by atoms with E-state index in [-0.39, 0.29) is 11.4 Å². The van der Waals surface area contributed by atoms with Gasteiger partial charge >= 0.3 is 6.09 Å². The third-order valence-corrected chi connectivity index (χ3v) is 4.47. The van der Waals surface area contributed by atoms with E-state index in [4.69, 9.17) is 0 Å². The highest BCUT2D eigenvalue weighted by atomic mass is 32.2. The zero-order valence-electron chi connectivity index (χ0n) is 12.8. The lowest BCUT2D eigenvalue weighted by molar-refractivity contribution is 0.187. The maximum absolute atomic E-state index is 12.2. The van der Waals surface area contributed by atoms with Gasteiger partial charge in [-0.05, 0) is 36.8 Å². The topological polar surface area (TPSA) is 102 Å². The quantitative estimate of drug-likeness (QED) is 0.828. The number of hydrogen-bond donors (Lipinski definition) is 2. The van der Waals surface area contributed by atoms with Crippen LogP contribution in [-0.2, 0) is 21.3 Å². The van der Waals surface area contributed by atoms with Crippen LogP contribution in [0, 0.1) is 6.92 Å². The first-order valence-corrected chi connectivity index (χ1v) is 8.33. The van der Waals surface area contributed by atoms with Gasteiger partial charge in [-0.2, -0.15) is 5.10 Å². The van der Waals surface area contributed by atoms with Gasteiger partial charge in [-0.3, -0.25) is 10.00 Å². The number of ether oxygens (including phenoxy) is 1. The fraction of sp³-hybridized carbons (Fsp3) is 0.286. The minimum absolute atomic E-state index is 0.115. The molecule has 0 saturated heterocycles. The first kappa shape index (κ1) is 17.0. The number of aromatic nitrogens is 2.